The summed E-state index contributed by atoms with van der Waals surface area (Å²) in [5, 5.41) is 2.00. The van der Waals surface area contributed by atoms with Crippen molar-refractivity contribution >= 4 is 45.6 Å². The van der Waals surface area contributed by atoms with Gasteiger partial charge in [-0.3, -0.25) is 0 Å². The van der Waals surface area contributed by atoms with Crippen molar-refractivity contribution in [1.29, 1.82) is 0 Å². The predicted octanol–water partition coefficient (Wildman–Crippen LogP) is 6.15. The van der Waals surface area contributed by atoms with Gasteiger partial charge in [0.05, 0.1) is 11.1 Å². The van der Waals surface area contributed by atoms with Gasteiger partial charge in [0.25, 0.3) is 0 Å². The largest absolute Gasteiger partial charge is 0.350 e. The minimum atomic E-state index is 0.749. The van der Waals surface area contributed by atoms with Gasteiger partial charge in [0.1, 0.15) is 7.05 Å². The fourth-order valence-corrected chi connectivity index (χ4v) is 4.28. The molecule has 0 N–H and O–H groups in total. The van der Waals surface area contributed by atoms with Gasteiger partial charge in [0.15, 0.2) is 6.21 Å². The van der Waals surface area contributed by atoms with Crippen LogP contribution in [0.5, 0.6) is 0 Å². The minimum Gasteiger partial charge on any atom is -0.350 e. The van der Waals surface area contributed by atoms with Crippen LogP contribution in [0.4, 0.5) is 5.69 Å². The zero-order chi connectivity index (χ0) is 19.3. The molecule has 136 valence electrons. The molecule has 2 nitrogen and oxygen atoms in total. The molecule has 0 unspecified atom stereocenters. The fraction of sp³-hybridized carbons (Fsp3) is 0.0800. The van der Waals surface area contributed by atoms with Crippen molar-refractivity contribution in [1.82, 2.24) is 4.57 Å². The Morgan fingerprint density at radius 3 is 2.43 bits per heavy atom. The number of allylic oxidation sites excluding steroid dienone is 1. The summed E-state index contributed by atoms with van der Waals surface area (Å²) in [6.45, 7) is 0. The maximum atomic E-state index is 6.19. The summed E-state index contributed by atoms with van der Waals surface area (Å²) >= 11 is 6.19. The summed E-state index contributed by atoms with van der Waals surface area (Å²) in [6, 6.07) is 25.3. The molecule has 28 heavy (non-hydrogen) atoms. The van der Waals surface area contributed by atoms with Crippen LogP contribution < -0.4 is 0 Å². The van der Waals surface area contributed by atoms with Crippen LogP contribution in [0.15, 0.2) is 79.0 Å². The molecular weight excluding hydrogens is 364 g/mol. The lowest BCUT2D eigenvalue weighted by Gasteiger charge is -2.10. The zero-order valence-electron chi connectivity index (χ0n) is 15.9. The molecule has 0 spiro atoms. The summed E-state index contributed by atoms with van der Waals surface area (Å²) in [5.41, 5.74) is 8.56. The molecular formula is C25H20ClN2+. The Morgan fingerprint density at radius 2 is 1.61 bits per heavy atom. The molecule has 0 fully saturated rings. The summed E-state index contributed by atoms with van der Waals surface area (Å²) in [6.07, 6.45) is 4.47. The monoisotopic (exact) mass is 383 g/mol. The second-order valence-corrected chi connectivity index (χ2v) is 7.66. The smallest absolute Gasteiger partial charge is 0.213 e. The Hall–Kier alpha value is -3.10. The molecule has 0 atom stereocenters. The maximum absolute atomic E-state index is 6.19. The number of aromatic nitrogens is 1. The van der Waals surface area contributed by atoms with Crippen molar-refractivity contribution in [2.24, 2.45) is 7.05 Å². The molecule has 0 amide bonds. The van der Waals surface area contributed by atoms with Crippen molar-refractivity contribution in [3.05, 3.63) is 101 Å². The zero-order valence-corrected chi connectivity index (χ0v) is 16.6. The number of rotatable bonds is 2. The van der Waals surface area contributed by atoms with Gasteiger partial charge >= 0.3 is 0 Å². The number of aryl methyl sites for hydroxylation is 1. The van der Waals surface area contributed by atoms with Crippen LogP contribution in [-0.2, 0) is 7.05 Å². The maximum Gasteiger partial charge on any atom is 0.213 e. The highest BCUT2D eigenvalue weighted by Crippen LogP contribution is 2.41. The number of benzene rings is 3. The van der Waals surface area contributed by atoms with Gasteiger partial charge in [-0.1, -0.05) is 54.1 Å². The second kappa shape index (κ2) is 6.50. The number of nitrogens with zero attached hydrogens (tertiary/aromatic N) is 2. The van der Waals surface area contributed by atoms with Crippen molar-refractivity contribution in [2.45, 2.75) is 0 Å². The average molecular weight is 384 g/mol. The van der Waals surface area contributed by atoms with Crippen molar-refractivity contribution in [3.63, 3.8) is 0 Å². The number of hydrogen-bond acceptors (Lipinski definition) is 0. The highest BCUT2D eigenvalue weighted by Gasteiger charge is 2.27. The first kappa shape index (κ1) is 17.0. The van der Waals surface area contributed by atoms with Crippen LogP contribution in [-0.4, -0.2) is 22.4 Å². The third-order valence-corrected chi connectivity index (χ3v) is 5.72. The molecule has 3 heteroatoms. The third kappa shape index (κ3) is 2.61. The number of halogens is 1. The first-order valence-corrected chi connectivity index (χ1v) is 9.73. The molecule has 0 radical (unpaired) electrons. The van der Waals surface area contributed by atoms with Gasteiger partial charge in [-0.25, -0.2) is 4.58 Å². The lowest BCUT2D eigenvalue weighted by Crippen LogP contribution is -1.95. The standard InChI is InChI=1S/C25H20ClN2/c1-27-15-21(19-7-3-5-9-23(19)27)25(17-11-13-18(26)14-12-17)22-16-28(2)24-10-6-4-8-20(22)24/h3-16H,1-2H3/q+1. The van der Waals surface area contributed by atoms with Crippen molar-refractivity contribution in [3.8, 4) is 0 Å². The van der Waals surface area contributed by atoms with Gasteiger partial charge in [-0.05, 0) is 29.8 Å². The average Bonchev–Trinajstić information content (AvgIpc) is 3.22. The van der Waals surface area contributed by atoms with Gasteiger partial charge in [0.2, 0.25) is 5.69 Å². The van der Waals surface area contributed by atoms with Crippen LogP contribution in [0, 0.1) is 0 Å². The molecule has 3 aromatic carbocycles. The first-order valence-electron chi connectivity index (χ1n) is 9.35. The van der Waals surface area contributed by atoms with E-state index in [1.54, 1.807) is 0 Å². The normalized spacial score (nSPS) is 14.9. The summed E-state index contributed by atoms with van der Waals surface area (Å²) in [7, 11) is 4.21. The van der Waals surface area contributed by atoms with E-state index in [0.717, 1.165) is 10.6 Å². The molecule has 0 aliphatic carbocycles. The molecule has 4 aromatic rings. The molecule has 0 bridgehead atoms. The molecule has 1 aliphatic rings. The Labute approximate surface area is 169 Å². The Kier molecular flexibility index (Phi) is 3.96. The molecule has 0 saturated carbocycles. The lowest BCUT2D eigenvalue weighted by molar-refractivity contribution is -0.395. The Morgan fingerprint density at radius 1 is 0.893 bits per heavy atom. The summed E-state index contributed by atoms with van der Waals surface area (Å²) in [5.74, 6) is 0. The Bertz CT molecular complexity index is 1270. The summed E-state index contributed by atoms with van der Waals surface area (Å²) in [4.78, 5) is 0. The second-order valence-electron chi connectivity index (χ2n) is 7.22. The van der Waals surface area contributed by atoms with Crippen molar-refractivity contribution in [2.75, 3.05) is 7.05 Å². The third-order valence-electron chi connectivity index (χ3n) is 5.47. The van der Waals surface area contributed by atoms with E-state index in [2.05, 4.69) is 96.3 Å². The number of fused-ring (bicyclic) bond motifs is 2. The van der Waals surface area contributed by atoms with Crippen LogP contribution in [0.2, 0.25) is 5.02 Å². The van der Waals surface area contributed by atoms with Gasteiger partial charge in [-0.15, -0.1) is 0 Å². The molecule has 0 saturated heterocycles. The van der Waals surface area contributed by atoms with E-state index in [0.29, 0.717) is 0 Å². The highest BCUT2D eigenvalue weighted by atomic mass is 35.5. The van der Waals surface area contributed by atoms with E-state index in [4.69, 9.17) is 11.6 Å². The molecule has 5 rings (SSSR count). The number of para-hydroxylation sites is 2. The summed E-state index contributed by atoms with van der Waals surface area (Å²) < 4.78 is 4.40. The molecule has 1 aliphatic heterocycles. The first-order chi connectivity index (χ1) is 13.6. The topological polar surface area (TPSA) is 7.94 Å². The number of hydrogen-bond donors (Lipinski definition) is 0. The van der Waals surface area contributed by atoms with E-state index in [1.165, 1.54) is 38.9 Å². The lowest BCUT2D eigenvalue weighted by atomic mass is 9.90. The minimum absolute atomic E-state index is 0.749. The fourth-order valence-electron chi connectivity index (χ4n) is 4.15. The van der Waals surface area contributed by atoms with Crippen LogP contribution >= 0.6 is 11.6 Å². The quantitative estimate of drug-likeness (QED) is 0.367. The van der Waals surface area contributed by atoms with Crippen LogP contribution in [0.3, 0.4) is 0 Å². The van der Waals surface area contributed by atoms with Gasteiger partial charge in [0, 0.05) is 46.4 Å². The van der Waals surface area contributed by atoms with Gasteiger partial charge in [-0.2, -0.15) is 0 Å². The van der Waals surface area contributed by atoms with E-state index in [9.17, 15) is 0 Å². The van der Waals surface area contributed by atoms with Gasteiger partial charge < -0.3 is 4.57 Å². The predicted molar refractivity (Wildman–Crippen MR) is 119 cm³/mol. The van der Waals surface area contributed by atoms with Crippen LogP contribution in [0.25, 0.3) is 22.0 Å². The SMILES string of the molecule is Cn1cc(/C(=C2/C=[N+](C)c3ccccc32)c2ccc(Cl)cc2)c2ccccc21. The van der Waals surface area contributed by atoms with Crippen LogP contribution in [0.1, 0.15) is 16.7 Å². The molecule has 2 heterocycles. The van der Waals surface area contributed by atoms with E-state index in [1.807, 2.05) is 12.1 Å². The van der Waals surface area contributed by atoms with E-state index in [-0.39, 0.29) is 0 Å². The Balaban J connectivity index is 1.89. The van der Waals surface area contributed by atoms with Crippen molar-refractivity contribution < 1.29 is 4.58 Å². The van der Waals surface area contributed by atoms with E-state index < -0.39 is 0 Å². The van der Waals surface area contributed by atoms with E-state index >= 15 is 0 Å². The highest BCUT2D eigenvalue weighted by molar-refractivity contribution is 6.30. The molecule has 1 aromatic heterocycles.